The Kier molecular flexibility index (Phi) is 3.91. The molecule has 1 aliphatic heterocycles. The van der Waals surface area contributed by atoms with Crippen LogP contribution in [0.15, 0.2) is 18.3 Å². The van der Waals surface area contributed by atoms with Crippen molar-refractivity contribution in [2.24, 2.45) is 11.1 Å². The Morgan fingerprint density at radius 3 is 2.50 bits per heavy atom. The Bertz CT molecular complexity index is 375. The van der Waals surface area contributed by atoms with Gasteiger partial charge in [0.2, 0.25) is 0 Å². The largest absolute Gasteiger partial charge is 0.357 e. The summed E-state index contributed by atoms with van der Waals surface area (Å²) in [7, 11) is 0. The van der Waals surface area contributed by atoms with Gasteiger partial charge in [-0.25, -0.2) is 4.98 Å². The van der Waals surface area contributed by atoms with Crippen LogP contribution in [0.4, 0.5) is 5.82 Å². The van der Waals surface area contributed by atoms with Gasteiger partial charge in [0.15, 0.2) is 0 Å². The Morgan fingerprint density at radius 1 is 1.39 bits per heavy atom. The molecule has 3 heteroatoms. The van der Waals surface area contributed by atoms with Gasteiger partial charge in [-0.2, -0.15) is 0 Å². The third kappa shape index (κ3) is 2.83. The first-order valence-electron chi connectivity index (χ1n) is 7.00. The van der Waals surface area contributed by atoms with Crippen molar-refractivity contribution < 1.29 is 0 Å². The van der Waals surface area contributed by atoms with Gasteiger partial charge in [0.1, 0.15) is 5.82 Å². The van der Waals surface area contributed by atoms with Gasteiger partial charge in [0, 0.05) is 25.3 Å². The second-order valence-electron chi connectivity index (χ2n) is 5.89. The van der Waals surface area contributed by atoms with Crippen molar-refractivity contribution in [2.75, 3.05) is 18.0 Å². The molecule has 1 aromatic rings. The molecule has 3 nitrogen and oxygen atoms in total. The van der Waals surface area contributed by atoms with E-state index in [0.717, 1.165) is 24.5 Å². The molecule has 1 atom stereocenters. The molecule has 1 saturated heterocycles. The number of piperidine rings is 1. The molecular formula is C15H25N3. The second-order valence-corrected chi connectivity index (χ2v) is 5.89. The zero-order valence-electron chi connectivity index (χ0n) is 11.8. The molecule has 1 unspecified atom stereocenters. The second kappa shape index (κ2) is 5.27. The average Bonchev–Trinajstić information content (AvgIpc) is 2.40. The molecule has 0 radical (unpaired) electrons. The van der Waals surface area contributed by atoms with Gasteiger partial charge in [-0.1, -0.05) is 26.3 Å². The van der Waals surface area contributed by atoms with Crippen LogP contribution >= 0.6 is 0 Å². The summed E-state index contributed by atoms with van der Waals surface area (Å²) in [6.07, 6.45) is 5.71. The van der Waals surface area contributed by atoms with E-state index in [0.29, 0.717) is 5.41 Å². The van der Waals surface area contributed by atoms with Crippen molar-refractivity contribution in [1.82, 2.24) is 4.98 Å². The molecule has 18 heavy (non-hydrogen) atoms. The van der Waals surface area contributed by atoms with Crippen LogP contribution in [-0.2, 0) is 0 Å². The van der Waals surface area contributed by atoms with Crippen LogP contribution in [0.1, 0.15) is 51.6 Å². The smallest absolute Gasteiger partial charge is 0.128 e. The minimum atomic E-state index is 0.0660. The number of nitrogens with two attached hydrogens (primary N) is 1. The Hall–Kier alpha value is -1.09. The van der Waals surface area contributed by atoms with Crippen LogP contribution in [0, 0.1) is 5.41 Å². The molecule has 0 amide bonds. The Labute approximate surface area is 110 Å². The molecule has 1 aromatic heterocycles. The van der Waals surface area contributed by atoms with Crippen molar-refractivity contribution in [2.45, 2.75) is 46.1 Å². The molecule has 0 bridgehead atoms. The summed E-state index contributed by atoms with van der Waals surface area (Å²) in [6, 6.07) is 4.27. The summed E-state index contributed by atoms with van der Waals surface area (Å²) < 4.78 is 0. The van der Waals surface area contributed by atoms with Gasteiger partial charge < -0.3 is 10.6 Å². The summed E-state index contributed by atoms with van der Waals surface area (Å²) in [5.41, 5.74) is 7.48. The third-order valence-electron chi connectivity index (χ3n) is 4.44. The molecule has 0 aromatic carbocycles. The molecule has 2 N–H and O–H groups in total. The van der Waals surface area contributed by atoms with Gasteiger partial charge in [0.25, 0.3) is 0 Å². The molecule has 2 heterocycles. The molecular weight excluding hydrogens is 222 g/mol. The highest BCUT2D eigenvalue weighted by Crippen LogP contribution is 2.35. The minimum absolute atomic E-state index is 0.0660. The fourth-order valence-electron chi connectivity index (χ4n) is 2.48. The summed E-state index contributed by atoms with van der Waals surface area (Å²) in [4.78, 5) is 6.93. The van der Waals surface area contributed by atoms with Gasteiger partial charge in [0.05, 0.1) is 0 Å². The fraction of sp³-hybridized carbons (Fsp3) is 0.667. The predicted molar refractivity (Wildman–Crippen MR) is 76.7 cm³/mol. The van der Waals surface area contributed by atoms with E-state index in [4.69, 9.17) is 5.73 Å². The zero-order valence-corrected chi connectivity index (χ0v) is 11.8. The first-order valence-corrected chi connectivity index (χ1v) is 7.00. The maximum absolute atomic E-state index is 5.84. The molecule has 1 aliphatic rings. The SMILES string of the molecule is CCC1(C)CCN(c2ccc(C(C)N)cn2)CC1. The molecule has 100 valence electrons. The van der Waals surface area contributed by atoms with E-state index in [9.17, 15) is 0 Å². The van der Waals surface area contributed by atoms with Crippen LogP contribution < -0.4 is 10.6 Å². The Morgan fingerprint density at radius 2 is 2.06 bits per heavy atom. The molecule has 2 rings (SSSR count). The third-order valence-corrected chi connectivity index (χ3v) is 4.44. The number of nitrogens with zero attached hydrogens (tertiary/aromatic N) is 2. The van der Waals surface area contributed by atoms with E-state index in [1.807, 2.05) is 13.1 Å². The van der Waals surface area contributed by atoms with E-state index in [1.165, 1.54) is 19.3 Å². The van der Waals surface area contributed by atoms with Crippen LogP contribution in [0.25, 0.3) is 0 Å². The van der Waals surface area contributed by atoms with Gasteiger partial charge in [-0.05, 0) is 36.8 Å². The number of hydrogen-bond donors (Lipinski definition) is 1. The molecule has 1 fully saturated rings. The quantitative estimate of drug-likeness (QED) is 0.892. The van der Waals surface area contributed by atoms with Crippen LogP contribution in [0.5, 0.6) is 0 Å². The molecule has 0 spiro atoms. The maximum Gasteiger partial charge on any atom is 0.128 e. The summed E-state index contributed by atoms with van der Waals surface area (Å²) in [5, 5.41) is 0. The van der Waals surface area contributed by atoms with E-state index in [1.54, 1.807) is 0 Å². The van der Waals surface area contributed by atoms with Crippen LogP contribution in [0.2, 0.25) is 0 Å². The maximum atomic E-state index is 5.84. The zero-order chi connectivity index (χ0) is 13.2. The average molecular weight is 247 g/mol. The summed E-state index contributed by atoms with van der Waals surface area (Å²) in [5.74, 6) is 1.09. The minimum Gasteiger partial charge on any atom is -0.357 e. The standard InChI is InChI=1S/C15H25N3/c1-4-15(3)7-9-18(10-8-15)14-6-5-13(11-17-14)12(2)16/h5-6,11-12H,4,7-10,16H2,1-3H3. The van der Waals surface area contributed by atoms with E-state index in [-0.39, 0.29) is 6.04 Å². The lowest BCUT2D eigenvalue weighted by Crippen LogP contribution is -2.38. The van der Waals surface area contributed by atoms with Gasteiger partial charge in [-0.3, -0.25) is 0 Å². The lowest BCUT2D eigenvalue weighted by Gasteiger charge is -2.39. The Balaban J connectivity index is 2.01. The topological polar surface area (TPSA) is 42.1 Å². The van der Waals surface area contributed by atoms with Crippen molar-refractivity contribution in [3.63, 3.8) is 0 Å². The predicted octanol–water partition coefficient (Wildman–Crippen LogP) is 3.12. The highest BCUT2D eigenvalue weighted by Gasteiger charge is 2.28. The lowest BCUT2D eigenvalue weighted by molar-refractivity contribution is 0.238. The number of hydrogen-bond acceptors (Lipinski definition) is 3. The summed E-state index contributed by atoms with van der Waals surface area (Å²) >= 11 is 0. The van der Waals surface area contributed by atoms with Crippen molar-refractivity contribution in [3.8, 4) is 0 Å². The fourth-order valence-corrected chi connectivity index (χ4v) is 2.48. The normalized spacial score (nSPS) is 20.8. The highest BCUT2D eigenvalue weighted by atomic mass is 15.2. The summed E-state index contributed by atoms with van der Waals surface area (Å²) in [6.45, 7) is 8.93. The number of pyridine rings is 1. The van der Waals surface area contributed by atoms with Gasteiger partial charge in [-0.15, -0.1) is 0 Å². The van der Waals surface area contributed by atoms with E-state index < -0.39 is 0 Å². The van der Waals surface area contributed by atoms with Crippen molar-refractivity contribution in [1.29, 1.82) is 0 Å². The first kappa shape index (κ1) is 13.3. The molecule has 0 saturated carbocycles. The van der Waals surface area contributed by atoms with Crippen molar-refractivity contribution >= 4 is 5.82 Å². The van der Waals surface area contributed by atoms with E-state index in [2.05, 4.69) is 35.9 Å². The number of anilines is 1. The first-order chi connectivity index (χ1) is 8.54. The van der Waals surface area contributed by atoms with Crippen molar-refractivity contribution in [3.05, 3.63) is 23.9 Å². The molecule has 0 aliphatic carbocycles. The van der Waals surface area contributed by atoms with E-state index >= 15 is 0 Å². The lowest BCUT2D eigenvalue weighted by atomic mass is 9.78. The number of aromatic nitrogens is 1. The van der Waals surface area contributed by atoms with Crippen LogP contribution in [0.3, 0.4) is 0 Å². The van der Waals surface area contributed by atoms with Gasteiger partial charge >= 0.3 is 0 Å². The number of rotatable bonds is 3. The monoisotopic (exact) mass is 247 g/mol. The highest BCUT2D eigenvalue weighted by molar-refractivity contribution is 5.40. The van der Waals surface area contributed by atoms with Crippen LogP contribution in [-0.4, -0.2) is 18.1 Å².